The van der Waals surface area contributed by atoms with E-state index in [1.807, 2.05) is 40.9 Å². The van der Waals surface area contributed by atoms with Gasteiger partial charge in [-0.05, 0) is 64.4 Å². The van der Waals surface area contributed by atoms with E-state index < -0.39 is 0 Å². The van der Waals surface area contributed by atoms with Crippen molar-refractivity contribution >= 4 is 35.2 Å². The molecule has 0 radical (unpaired) electrons. The van der Waals surface area contributed by atoms with Gasteiger partial charge < -0.3 is 24.2 Å². The zero-order valence-electron chi connectivity index (χ0n) is 23.9. The van der Waals surface area contributed by atoms with Crippen LogP contribution < -0.4 is 9.64 Å². The fraction of sp³-hybridized carbons (Fsp3) is 0.586. The van der Waals surface area contributed by atoms with Crippen molar-refractivity contribution in [1.29, 1.82) is 0 Å². The van der Waals surface area contributed by atoms with Crippen molar-refractivity contribution in [2.24, 2.45) is 5.92 Å². The molecule has 3 aromatic rings. The lowest BCUT2D eigenvalue weighted by Gasteiger charge is -2.38. The van der Waals surface area contributed by atoms with Crippen LogP contribution in [0.15, 0.2) is 36.8 Å². The van der Waals surface area contributed by atoms with Gasteiger partial charge in [-0.25, -0.2) is 14.6 Å². The largest absolute Gasteiger partial charge is 0.494 e. The second-order valence-electron chi connectivity index (χ2n) is 10.8. The minimum atomic E-state index is 0. The van der Waals surface area contributed by atoms with Gasteiger partial charge in [-0.3, -0.25) is 4.79 Å². The topological polar surface area (TPSA) is 88.9 Å². The maximum absolute atomic E-state index is 13.3. The Hall–Kier alpha value is -2.95. The standard InChI is InChI=1S/C29H41N7O3.ClH/c1-4-38-25-7-5-6-22(18-25)20-36-28-26(19-32-36)27(30-21-31-28)34-12-14-35(15-13-34)29(37)23-8-10-24(11-9-23)39-17-16-33(2)3;/h5-7,18-19,21,23-24H,4,8-17,20H2,1-3H3;1H/t23-,24-;. The van der Waals surface area contributed by atoms with E-state index in [9.17, 15) is 4.79 Å². The van der Waals surface area contributed by atoms with E-state index in [1.54, 1.807) is 6.33 Å². The Balaban J connectivity index is 0.00000370. The number of likely N-dealkylation sites (N-methyl/N-ethyl adjacent to an activating group) is 1. The van der Waals surface area contributed by atoms with Gasteiger partial charge in [0.05, 0.1) is 37.4 Å². The summed E-state index contributed by atoms with van der Waals surface area (Å²) in [5.41, 5.74) is 1.91. The van der Waals surface area contributed by atoms with Crippen LogP contribution in [0.4, 0.5) is 5.82 Å². The van der Waals surface area contributed by atoms with Gasteiger partial charge in [-0.15, -0.1) is 12.4 Å². The first kappa shape index (κ1) is 30.0. The highest BCUT2D eigenvalue weighted by Crippen LogP contribution is 2.29. The van der Waals surface area contributed by atoms with Crippen LogP contribution in [0.25, 0.3) is 11.0 Å². The van der Waals surface area contributed by atoms with Crippen LogP contribution in [-0.4, -0.2) is 102 Å². The first-order valence-electron chi connectivity index (χ1n) is 14.2. The van der Waals surface area contributed by atoms with E-state index in [4.69, 9.17) is 9.47 Å². The molecule has 1 saturated carbocycles. The van der Waals surface area contributed by atoms with Crippen molar-refractivity contribution in [3.63, 3.8) is 0 Å². The summed E-state index contributed by atoms with van der Waals surface area (Å²) < 4.78 is 13.6. The molecule has 1 aliphatic heterocycles. The van der Waals surface area contributed by atoms with Gasteiger partial charge in [0, 0.05) is 38.6 Å². The van der Waals surface area contributed by atoms with E-state index in [-0.39, 0.29) is 18.3 Å². The van der Waals surface area contributed by atoms with E-state index in [2.05, 4.69) is 45.0 Å². The van der Waals surface area contributed by atoms with Crippen LogP contribution in [0.5, 0.6) is 5.75 Å². The quantitative estimate of drug-likeness (QED) is 0.365. The number of hydrogen-bond donors (Lipinski definition) is 0. The molecule has 40 heavy (non-hydrogen) atoms. The average molecular weight is 572 g/mol. The Morgan fingerprint density at radius 2 is 1.85 bits per heavy atom. The van der Waals surface area contributed by atoms with E-state index >= 15 is 0 Å². The highest BCUT2D eigenvalue weighted by Gasteiger charge is 2.32. The van der Waals surface area contributed by atoms with Crippen molar-refractivity contribution in [2.45, 2.75) is 45.3 Å². The zero-order valence-corrected chi connectivity index (χ0v) is 24.7. The van der Waals surface area contributed by atoms with Crippen LogP contribution in [0.1, 0.15) is 38.2 Å². The highest BCUT2D eigenvalue weighted by molar-refractivity contribution is 5.87. The molecule has 0 N–H and O–H groups in total. The number of carbonyl (C=O) groups is 1. The average Bonchev–Trinajstić information content (AvgIpc) is 3.36. The van der Waals surface area contributed by atoms with Crippen molar-refractivity contribution in [2.75, 3.05) is 64.9 Å². The lowest BCUT2D eigenvalue weighted by Crippen LogP contribution is -2.51. The fourth-order valence-corrected chi connectivity index (χ4v) is 5.60. The fourth-order valence-electron chi connectivity index (χ4n) is 5.60. The summed E-state index contributed by atoms with van der Waals surface area (Å²) in [7, 11) is 4.12. The molecular formula is C29H42ClN7O3. The van der Waals surface area contributed by atoms with Gasteiger partial charge in [0.1, 0.15) is 17.9 Å². The molecule has 0 unspecified atom stereocenters. The molecule has 1 saturated heterocycles. The molecule has 3 heterocycles. The Morgan fingerprint density at radius 1 is 1.07 bits per heavy atom. The third-order valence-electron chi connectivity index (χ3n) is 7.76. The molecule has 2 aliphatic rings. The second kappa shape index (κ2) is 14.1. The Labute approximate surface area is 243 Å². The van der Waals surface area contributed by atoms with Gasteiger partial charge in [-0.1, -0.05) is 12.1 Å². The molecule has 1 aliphatic carbocycles. The number of carbonyl (C=O) groups excluding carboxylic acids is 1. The monoisotopic (exact) mass is 571 g/mol. The smallest absolute Gasteiger partial charge is 0.225 e. The predicted octanol–water partition coefficient (Wildman–Crippen LogP) is 3.48. The number of hydrogen-bond acceptors (Lipinski definition) is 8. The highest BCUT2D eigenvalue weighted by atomic mass is 35.5. The molecule has 11 heteroatoms. The maximum atomic E-state index is 13.3. The summed E-state index contributed by atoms with van der Waals surface area (Å²) in [6.45, 7) is 7.84. The van der Waals surface area contributed by atoms with Crippen molar-refractivity contribution in [3.05, 3.63) is 42.4 Å². The van der Waals surface area contributed by atoms with Crippen LogP contribution in [0, 0.1) is 5.92 Å². The predicted molar refractivity (Wildman–Crippen MR) is 158 cm³/mol. The minimum absolute atomic E-state index is 0. The molecule has 2 aromatic heterocycles. The number of nitrogens with zero attached hydrogens (tertiary/aromatic N) is 7. The summed E-state index contributed by atoms with van der Waals surface area (Å²) in [6, 6.07) is 8.07. The summed E-state index contributed by atoms with van der Waals surface area (Å²) in [4.78, 5) is 28.9. The summed E-state index contributed by atoms with van der Waals surface area (Å²) >= 11 is 0. The van der Waals surface area contributed by atoms with Crippen LogP contribution in [0.3, 0.4) is 0 Å². The SMILES string of the molecule is CCOc1cccc(Cn2ncc3c(N4CCN(C(=O)[C@H]5CC[C@H](OCCN(C)C)CC5)CC4)ncnc32)c1.Cl. The van der Waals surface area contributed by atoms with Gasteiger partial charge in [0.25, 0.3) is 0 Å². The lowest BCUT2D eigenvalue weighted by atomic mass is 9.86. The molecule has 1 aromatic carbocycles. The first-order valence-corrected chi connectivity index (χ1v) is 14.2. The molecule has 5 rings (SSSR count). The molecule has 0 spiro atoms. The molecule has 1 amide bonds. The molecule has 0 bridgehead atoms. The number of anilines is 1. The summed E-state index contributed by atoms with van der Waals surface area (Å²) in [5, 5.41) is 5.56. The number of fused-ring (bicyclic) bond motifs is 1. The molecule has 218 valence electrons. The third-order valence-corrected chi connectivity index (χ3v) is 7.76. The number of piperazine rings is 1. The van der Waals surface area contributed by atoms with Crippen LogP contribution >= 0.6 is 12.4 Å². The second-order valence-corrected chi connectivity index (χ2v) is 10.8. The van der Waals surface area contributed by atoms with Gasteiger partial charge in [-0.2, -0.15) is 5.10 Å². The van der Waals surface area contributed by atoms with Crippen molar-refractivity contribution in [1.82, 2.24) is 29.5 Å². The summed E-state index contributed by atoms with van der Waals surface area (Å²) in [5.74, 6) is 2.17. The molecular weight excluding hydrogens is 530 g/mol. The van der Waals surface area contributed by atoms with Crippen molar-refractivity contribution in [3.8, 4) is 5.75 Å². The van der Waals surface area contributed by atoms with Crippen molar-refractivity contribution < 1.29 is 14.3 Å². The lowest BCUT2D eigenvalue weighted by molar-refractivity contribution is -0.137. The first-order chi connectivity index (χ1) is 19.0. The normalized spacial score (nSPS) is 19.6. The zero-order chi connectivity index (χ0) is 27.2. The number of rotatable bonds is 10. The third kappa shape index (κ3) is 7.21. The number of amides is 1. The Morgan fingerprint density at radius 3 is 2.58 bits per heavy atom. The van der Waals surface area contributed by atoms with E-state index in [0.29, 0.717) is 38.3 Å². The maximum Gasteiger partial charge on any atom is 0.225 e. The van der Waals surface area contributed by atoms with Crippen LogP contribution in [0.2, 0.25) is 0 Å². The Kier molecular flexibility index (Phi) is 10.6. The van der Waals surface area contributed by atoms with Gasteiger partial charge in [0.2, 0.25) is 5.91 Å². The van der Waals surface area contributed by atoms with Crippen LogP contribution in [-0.2, 0) is 16.1 Å². The number of ether oxygens (including phenoxy) is 2. The van der Waals surface area contributed by atoms with E-state index in [0.717, 1.165) is 80.1 Å². The number of aromatic nitrogens is 4. The minimum Gasteiger partial charge on any atom is -0.494 e. The van der Waals surface area contributed by atoms with E-state index in [1.165, 1.54) is 0 Å². The Bertz CT molecular complexity index is 1240. The summed E-state index contributed by atoms with van der Waals surface area (Å²) in [6.07, 6.45) is 7.55. The number of halogens is 1. The van der Waals surface area contributed by atoms with Gasteiger partial charge in [0.15, 0.2) is 5.65 Å². The van der Waals surface area contributed by atoms with Gasteiger partial charge >= 0.3 is 0 Å². The molecule has 2 fully saturated rings. The molecule has 0 atom stereocenters. The molecule has 10 nitrogen and oxygen atoms in total. The number of benzene rings is 1.